The van der Waals surface area contributed by atoms with Gasteiger partial charge in [-0.2, -0.15) is 35.2 Å². The summed E-state index contributed by atoms with van der Waals surface area (Å²) in [7, 11) is -21.3. The summed E-state index contributed by atoms with van der Waals surface area (Å²) in [6.45, 7) is 0. The average Bonchev–Trinajstić information content (AvgIpc) is 1.79. The van der Waals surface area contributed by atoms with Gasteiger partial charge in [0, 0.05) is 0 Å². The number of rotatable bonds is 0. The van der Waals surface area contributed by atoms with E-state index in [9.17, 15) is 0 Å². The zero-order valence-corrected chi connectivity index (χ0v) is 18.7. The molecule has 0 rings (SSSR count). The van der Waals surface area contributed by atoms with Crippen LogP contribution >= 0.6 is 9.90 Å². The molecule has 0 aliphatic heterocycles. The Labute approximate surface area is 168 Å². The zero-order valence-electron chi connectivity index (χ0n) is 12.2. The van der Waals surface area contributed by atoms with Crippen LogP contribution in [0.5, 0.6) is 0 Å². The summed E-state index contributed by atoms with van der Waals surface area (Å²) >= 11 is 0. The van der Waals surface area contributed by atoms with Gasteiger partial charge < -0.3 is 9.11 Å². The summed E-state index contributed by atoms with van der Waals surface area (Å²) in [6.07, 6.45) is 0. The van der Waals surface area contributed by atoms with Crippen LogP contribution < -0.4 is 25.7 Å². The van der Waals surface area contributed by atoms with Gasteiger partial charge in [-0.1, -0.05) is 0 Å². The van der Waals surface area contributed by atoms with Crippen molar-refractivity contribution in [3.8, 4) is 0 Å². The van der Waals surface area contributed by atoms with E-state index in [4.69, 9.17) is 64.9 Å². The Morgan fingerprint density at radius 1 is 0.481 bits per heavy atom. The third-order valence-electron chi connectivity index (χ3n) is 0. The van der Waals surface area contributed by atoms with E-state index in [0.717, 1.165) is 0 Å². The molecule has 0 spiro atoms. The van der Waals surface area contributed by atoms with Crippen molar-refractivity contribution in [3.05, 3.63) is 0 Å². The van der Waals surface area contributed by atoms with E-state index in [1.54, 1.807) is 0 Å². The Morgan fingerprint density at radius 2 is 0.481 bits per heavy atom. The summed E-state index contributed by atoms with van der Waals surface area (Å²) < 4.78 is 129. The third-order valence-corrected chi connectivity index (χ3v) is 0. The molecule has 0 amide bonds. The second-order valence-corrected chi connectivity index (χ2v) is 7.59. The van der Waals surface area contributed by atoms with Crippen LogP contribution in [0.15, 0.2) is 0 Å². The minimum absolute atomic E-state index is 0. The molecule has 0 aromatic heterocycles. The Bertz CT molecular complexity index is 637. The molecule has 0 heterocycles. The first-order chi connectivity index (χ1) is 10.0. The Balaban J connectivity index is -0.0000000364. The van der Waals surface area contributed by atoms with Crippen LogP contribution in [0.2, 0.25) is 0 Å². The molecule has 0 saturated heterocycles. The Morgan fingerprint density at radius 3 is 0.481 bits per heavy atom. The number of hydrogen-bond donors (Lipinski definition) is 8. The van der Waals surface area contributed by atoms with Gasteiger partial charge in [-0.15, -0.1) is 0 Å². The maximum atomic E-state index is 8.97. The van der Waals surface area contributed by atoms with Crippen molar-refractivity contribution < 1.29 is 81.3 Å². The molecule has 0 aromatic rings. The molecule has 0 aliphatic carbocycles. The second kappa shape index (κ2) is 18.3. The van der Waals surface area contributed by atoms with Crippen LogP contribution in [0.3, 0.4) is 0 Å². The van der Waals surface area contributed by atoms with Crippen LogP contribution in [-0.4, -0.2) is 64.9 Å². The molecule has 27 heteroatoms. The van der Waals surface area contributed by atoms with Gasteiger partial charge in [0.15, 0.2) is 20.6 Å². The molecule has 0 radical (unpaired) electrons. The Hall–Kier alpha value is 0.274. The first kappa shape index (κ1) is 45.8. The molecule has 20 nitrogen and oxygen atoms in total. The van der Waals surface area contributed by atoms with E-state index in [0.29, 0.717) is 0 Å². The van der Waals surface area contributed by atoms with Gasteiger partial charge in [-0.3, -0.25) is 13.7 Å². The van der Waals surface area contributed by atoms with Crippen molar-refractivity contribution in [2.45, 2.75) is 0 Å². The van der Waals surface area contributed by atoms with E-state index in [1.165, 1.54) is 0 Å². The number of nitrogens with two attached hydrogens (primary N) is 5. The molecule has 27 heavy (non-hydrogen) atoms. The molecule has 0 saturated carbocycles. The summed E-state index contributed by atoms with van der Waals surface area (Å²) in [6, 6.07) is 0. The van der Waals surface area contributed by atoms with E-state index in [2.05, 4.69) is 25.7 Å². The minimum atomic E-state index is -4.42. The molecule has 176 valence electrons. The zero-order chi connectivity index (χ0) is 22.5. The normalized spacial score (nSPS) is 10.7. The summed E-state index contributed by atoms with van der Waals surface area (Å²) in [5, 5.41) is 19.2. The largest absolute Gasteiger partial charge is 2.00 e. The van der Waals surface area contributed by atoms with Crippen LogP contribution in [-0.2, 0) is 68.0 Å². The molecule has 0 aromatic carbocycles. The molecule has 1 unspecified atom stereocenters. The molecular formula is H16N5NiO15PS5. The standard InChI is InChI=1S/5H3NO3S.Ni.H3P/c5*1-5(2,3)4;;/h5*(H3,1,2,3,4);;1H3/q;;;;;+2;/p-2. The molecule has 0 aliphatic rings. The van der Waals surface area contributed by atoms with Gasteiger partial charge >= 0.3 is 47.4 Å². The molecular weight excluding hydrogens is 560 g/mol. The molecule has 0 fully saturated rings. The van der Waals surface area contributed by atoms with Crippen LogP contribution in [0.4, 0.5) is 0 Å². The summed E-state index contributed by atoms with van der Waals surface area (Å²) in [4.78, 5) is 0. The topological polar surface area (TPSA) is 408 Å². The predicted molar refractivity (Wildman–Crippen MR) is 86.1 cm³/mol. The van der Waals surface area contributed by atoms with Gasteiger partial charge in [-0.25, -0.2) is 42.5 Å². The SMILES string of the molecule is NS(=O)(=O)O.NS(=O)(=O)O.NS(=O)(=O)O.NS(=O)(=O)[O-].NS(=O)(=O)[O-].P.[Ni+2]. The van der Waals surface area contributed by atoms with Crippen LogP contribution in [0.1, 0.15) is 0 Å². The van der Waals surface area contributed by atoms with Crippen molar-refractivity contribution in [1.29, 1.82) is 0 Å². The first-order valence-electron chi connectivity index (χ1n) is 3.73. The quantitative estimate of drug-likeness (QED) is 0.0754. The minimum Gasteiger partial charge on any atom is -0.736 e. The van der Waals surface area contributed by atoms with Gasteiger partial charge in [-0.05, 0) is 0 Å². The smallest absolute Gasteiger partial charge is 0.736 e. The van der Waals surface area contributed by atoms with E-state index < -0.39 is 51.5 Å². The van der Waals surface area contributed by atoms with Crippen LogP contribution in [0.25, 0.3) is 0 Å². The van der Waals surface area contributed by atoms with Gasteiger partial charge in [0.05, 0.1) is 0 Å². The predicted octanol–water partition coefficient (Wildman–Crippen LogP) is -6.89. The fourth-order valence-electron chi connectivity index (χ4n) is 0. The van der Waals surface area contributed by atoms with Gasteiger partial charge in [0.25, 0.3) is 0 Å². The third kappa shape index (κ3) is 207000. The fraction of sp³-hybridized carbons (Fsp3) is 0. The van der Waals surface area contributed by atoms with Gasteiger partial charge in [0.1, 0.15) is 0 Å². The van der Waals surface area contributed by atoms with Crippen molar-refractivity contribution in [2.75, 3.05) is 0 Å². The second-order valence-electron chi connectivity index (χ2n) is 2.53. The van der Waals surface area contributed by atoms with Crippen molar-refractivity contribution in [2.24, 2.45) is 25.7 Å². The van der Waals surface area contributed by atoms with Crippen LogP contribution in [0, 0.1) is 0 Å². The molecule has 1 atom stereocenters. The summed E-state index contributed by atoms with van der Waals surface area (Å²) in [5.41, 5.74) is 0. The van der Waals surface area contributed by atoms with E-state index in [1.807, 2.05) is 0 Å². The van der Waals surface area contributed by atoms with E-state index in [-0.39, 0.29) is 26.4 Å². The van der Waals surface area contributed by atoms with Gasteiger partial charge in [0.2, 0.25) is 0 Å². The Kier molecular flexibility index (Phi) is 31.1. The number of hydrogen-bond acceptors (Lipinski definition) is 12. The van der Waals surface area contributed by atoms with Crippen molar-refractivity contribution >= 4 is 61.4 Å². The monoisotopic (exact) mass is 575 g/mol. The molecule has 0 bridgehead atoms. The maximum absolute atomic E-state index is 8.97. The molecule has 13 N–H and O–H groups in total. The average molecular weight is 576 g/mol. The first-order valence-corrected chi connectivity index (χ1v) is 11.2. The van der Waals surface area contributed by atoms with Crippen molar-refractivity contribution in [1.82, 2.24) is 0 Å². The van der Waals surface area contributed by atoms with E-state index >= 15 is 0 Å². The van der Waals surface area contributed by atoms with Crippen molar-refractivity contribution in [3.63, 3.8) is 0 Å². The fourth-order valence-corrected chi connectivity index (χ4v) is 0. The maximum Gasteiger partial charge on any atom is 2.00 e. The summed E-state index contributed by atoms with van der Waals surface area (Å²) in [5.74, 6) is 0.